The number of hydrogen-bond donors (Lipinski definition) is 3. The number of carbonyl (C=O) groups excluding carboxylic acids is 1. The van der Waals surface area contributed by atoms with Crippen molar-refractivity contribution in [2.45, 2.75) is 79.2 Å². The Balaban J connectivity index is 2.16. The molecule has 0 aliphatic heterocycles. The largest absolute Gasteiger partial charge is 0.504 e. The number of aromatic nitrogens is 2. The zero-order valence-corrected chi connectivity index (χ0v) is 22.1. The van der Waals surface area contributed by atoms with Crippen molar-refractivity contribution in [2.24, 2.45) is 5.92 Å². The highest BCUT2D eigenvalue weighted by Gasteiger charge is 2.23. The molecule has 2 unspecified atom stereocenters. The average Bonchev–Trinajstić information content (AvgIpc) is 2.79. The van der Waals surface area contributed by atoms with Gasteiger partial charge in [0.25, 0.3) is 5.91 Å². The van der Waals surface area contributed by atoms with E-state index in [0.717, 1.165) is 19.4 Å². The molecule has 0 fully saturated rings. The maximum atomic E-state index is 12.3. The second-order valence-corrected chi connectivity index (χ2v) is 10.2. The number of benzene rings is 1. The van der Waals surface area contributed by atoms with Crippen LogP contribution in [-0.4, -0.2) is 51.2 Å². The van der Waals surface area contributed by atoms with Crippen LogP contribution >= 0.6 is 0 Å². The summed E-state index contributed by atoms with van der Waals surface area (Å²) >= 11 is 0. The van der Waals surface area contributed by atoms with E-state index >= 15 is 0 Å². The normalized spacial score (nSPS) is 13.2. The van der Waals surface area contributed by atoms with Gasteiger partial charge in [0.2, 0.25) is 0 Å². The van der Waals surface area contributed by atoms with Crippen LogP contribution in [0.1, 0.15) is 82.0 Å². The SMILES string of the molecule is CCC(CC(C)Cc1nc(C)c(O)c(C(=O)NCC(=O)O)n1)N(CC)c1ccc(C(C)(C)C)cc1. The van der Waals surface area contributed by atoms with Gasteiger partial charge >= 0.3 is 5.97 Å². The summed E-state index contributed by atoms with van der Waals surface area (Å²) in [6, 6.07) is 9.14. The molecule has 0 saturated heterocycles. The first-order chi connectivity index (χ1) is 16.4. The van der Waals surface area contributed by atoms with Gasteiger partial charge in [-0.05, 0) is 55.7 Å². The number of aryl methyl sites for hydroxylation is 1. The van der Waals surface area contributed by atoms with Crippen molar-refractivity contribution in [3.63, 3.8) is 0 Å². The first-order valence-electron chi connectivity index (χ1n) is 12.3. The third kappa shape index (κ3) is 7.67. The van der Waals surface area contributed by atoms with Crippen molar-refractivity contribution in [1.82, 2.24) is 15.3 Å². The summed E-state index contributed by atoms with van der Waals surface area (Å²) in [6.07, 6.45) is 2.43. The second kappa shape index (κ2) is 12.0. The smallest absolute Gasteiger partial charge is 0.322 e. The number of nitrogens with zero attached hydrogens (tertiary/aromatic N) is 3. The second-order valence-electron chi connectivity index (χ2n) is 10.2. The quantitative estimate of drug-likeness (QED) is 0.431. The molecule has 1 amide bonds. The van der Waals surface area contributed by atoms with Crippen molar-refractivity contribution < 1.29 is 19.8 Å². The van der Waals surface area contributed by atoms with Gasteiger partial charge in [-0.25, -0.2) is 9.97 Å². The molecule has 1 aromatic heterocycles. The van der Waals surface area contributed by atoms with E-state index in [1.807, 2.05) is 0 Å². The van der Waals surface area contributed by atoms with Crippen LogP contribution in [-0.2, 0) is 16.6 Å². The first-order valence-corrected chi connectivity index (χ1v) is 12.3. The molecule has 0 aliphatic rings. The van der Waals surface area contributed by atoms with Crippen molar-refractivity contribution in [3.8, 4) is 5.75 Å². The number of amides is 1. The Labute approximate surface area is 208 Å². The summed E-state index contributed by atoms with van der Waals surface area (Å²) in [5.74, 6) is -1.54. The zero-order chi connectivity index (χ0) is 26.3. The van der Waals surface area contributed by atoms with Crippen molar-refractivity contribution in [1.29, 1.82) is 0 Å². The molecule has 1 aromatic carbocycles. The molecule has 0 aliphatic carbocycles. The number of nitrogens with one attached hydrogen (secondary N) is 1. The maximum absolute atomic E-state index is 12.3. The standard InChI is InChI=1S/C27H40N4O4/c1-8-20(31(9-2)21-12-10-19(11-13-21)27(5,6)7)14-17(3)15-22-29-18(4)25(34)24(30-22)26(35)28-16-23(32)33/h10-13,17,20,34H,8-9,14-16H2,1-7H3,(H,28,35)(H,32,33). The molecule has 0 bridgehead atoms. The summed E-state index contributed by atoms with van der Waals surface area (Å²) in [7, 11) is 0. The fourth-order valence-electron chi connectivity index (χ4n) is 4.29. The Morgan fingerprint density at radius 2 is 1.74 bits per heavy atom. The lowest BCUT2D eigenvalue weighted by Gasteiger charge is -2.34. The molecule has 8 nitrogen and oxygen atoms in total. The number of carboxylic acids is 1. The summed E-state index contributed by atoms with van der Waals surface area (Å²) in [4.78, 5) is 34.1. The van der Waals surface area contributed by atoms with Gasteiger partial charge in [0, 0.05) is 24.7 Å². The number of anilines is 1. The van der Waals surface area contributed by atoms with E-state index in [1.165, 1.54) is 11.3 Å². The van der Waals surface area contributed by atoms with Gasteiger partial charge in [-0.3, -0.25) is 9.59 Å². The highest BCUT2D eigenvalue weighted by molar-refractivity contribution is 5.96. The van der Waals surface area contributed by atoms with E-state index in [-0.39, 0.29) is 22.8 Å². The Morgan fingerprint density at radius 3 is 2.26 bits per heavy atom. The van der Waals surface area contributed by atoms with Gasteiger partial charge in [0.05, 0.1) is 5.69 Å². The molecule has 1 heterocycles. The predicted molar refractivity (Wildman–Crippen MR) is 138 cm³/mol. The molecule has 2 atom stereocenters. The van der Waals surface area contributed by atoms with E-state index in [2.05, 4.69) is 86.0 Å². The molecular formula is C27H40N4O4. The third-order valence-corrected chi connectivity index (χ3v) is 6.24. The molecule has 3 N–H and O–H groups in total. The van der Waals surface area contributed by atoms with Crippen LogP contribution in [0.2, 0.25) is 0 Å². The molecule has 2 aromatic rings. The Morgan fingerprint density at radius 1 is 1.11 bits per heavy atom. The number of hydrogen-bond acceptors (Lipinski definition) is 6. The Hall–Kier alpha value is -3.16. The summed E-state index contributed by atoms with van der Waals surface area (Å²) in [6.45, 7) is 15.1. The lowest BCUT2D eigenvalue weighted by Crippen LogP contribution is -2.36. The summed E-state index contributed by atoms with van der Waals surface area (Å²) in [5, 5.41) is 21.3. The van der Waals surface area contributed by atoms with Crippen LogP contribution in [0.3, 0.4) is 0 Å². The van der Waals surface area contributed by atoms with Crippen LogP contribution in [0.25, 0.3) is 0 Å². The molecule has 0 spiro atoms. The molecule has 0 saturated carbocycles. The minimum absolute atomic E-state index is 0.111. The molecular weight excluding hydrogens is 444 g/mol. The monoisotopic (exact) mass is 484 g/mol. The third-order valence-electron chi connectivity index (χ3n) is 6.24. The molecule has 8 heteroatoms. The molecule has 0 radical (unpaired) electrons. The number of rotatable bonds is 11. The molecule has 2 rings (SSSR count). The van der Waals surface area contributed by atoms with Crippen LogP contribution in [0.15, 0.2) is 24.3 Å². The van der Waals surface area contributed by atoms with Crippen LogP contribution in [0.5, 0.6) is 5.75 Å². The Kier molecular flexibility index (Phi) is 9.63. The molecule has 35 heavy (non-hydrogen) atoms. The maximum Gasteiger partial charge on any atom is 0.322 e. The zero-order valence-electron chi connectivity index (χ0n) is 22.1. The summed E-state index contributed by atoms with van der Waals surface area (Å²) in [5.41, 5.74) is 2.72. The fraction of sp³-hybridized carbons (Fsp3) is 0.556. The minimum atomic E-state index is -1.17. The predicted octanol–water partition coefficient (Wildman–Crippen LogP) is 4.48. The summed E-state index contributed by atoms with van der Waals surface area (Å²) < 4.78 is 0. The van der Waals surface area contributed by atoms with E-state index in [0.29, 0.717) is 24.0 Å². The number of carbonyl (C=O) groups is 2. The first kappa shape index (κ1) is 28.1. The number of aliphatic carboxylic acids is 1. The highest BCUT2D eigenvalue weighted by Crippen LogP contribution is 2.28. The lowest BCUT2D eigenvalue weighted by molar-refractivity contribution is -0.135. The topological polar surface area (TPSA) is 116 Å². The average molecular weight is 485 g/mol. The van der Waals surface area contributed by atoms with E-state index in [4.69, 9.17) is 5.11 Å². The van der Waals surface area contributed by atoms with Crippen molar-refractivity contribution in [3.05, 3.63) is 47.0 Å². The van der Waals surface area contributed by atoms with E-state index in [1.54, 1.807) is 6.92 Å². The van der Waals surface area contributed by atoms with Crippen LogP contribution in [0, 0.1) is 12.8 Å². The van der Waals surface area contributed by atoms with Gasteiger partial charge in [-0.2, -0.15) is 0 Å². The van der Waals surface area contributed by atoms with Gasteiger partial charge < -0.3 is 20.4 Å². The van der Waals surface area contributed by atoms with Crippen molar-refractivity contribution in [2.75, 3.05) is 18.0 Å². The van der Waals surface area contributed by atoms with Gasteiger partial charge in [0.1, 0.15) is 12.4 Å². The highest BCUT2D eigenvalue weighted by atomic mass is 16.4. The van der Waals surface area contributed by atoms with E-state index in [9.17, 15) is 14.7 Å². The Bertz CT molecular complexity index is 1020. The number of aromatic hydroxyl groups is 1. The van der Waals surface area contributed by atoms with Crippen LogP contribution in [0.4, 0.5) is 5.69 Å². The van der Waals surface area contributed by atoms with Gasteiger partial charge in [-0.15, -0.1) is 0 Å². The van der Waals surface area contributed by atoms with Gasteiger partial charge in [-0.1, -0.05) is 46.8 Å². The fourth-order valence-corrected chi connectivity index (χ4v) is 4.29. The van der Waals surface area contributed by atoms with Crippen molar-refractivity contribution >= 4 is 17.6 Å². The van der Waals surface area contributed by atoms with Crippen LogP contribution < -0.4 is 10.2 Å². The minimum Gasteiger partial charge on any atom is -0.504 e. The lowest BCUT2D eigenvalue weighted by atomic mass is 9.87. The molecule has 192 valence electrons. The number of carboxylic acid groups (broad SMARTS) is 1. The van der Waals surface area contributed by atoms with E-state index < -0.39 is 18.4 Å². The van der Waals surface area contributed by atoms with Gasteiger partial charge in [0.15, 0.2) is 11.4 Å².